The van der Waals surface area contributed by atoms with Gasteiger partial charge in [-0.15, -0.1) is 0 Å². The molecule has 6 heteroatoms. The molecular formula is C21H19N3O3. The van der Waals surface area contributed by atoms with Crippen molar-refractivity contribution in [1.29, 1.82) is 0 Å². The van der Waals surface area contributed by atoms with Crippen molar-refractivity contribution in [2.75, 3.05) is 13.1 Å². The summed E-state index contributed by atoms with van der Waals surface area (Å²) >= 11 is 0. The van der Waals surface area contributed by atoms with E-state index < -0.39 is 5.97 Å². The van der Waals surface area contributed by atoms with E-state index in [-0.39, 0.29) is 18.2 Å². The molecule has 2 aromatic carbocycles. The van der Waals surface area contributed by atoms with Gasteiger partial charge < -0.3 is 9.64 Å². The largest absolute Gasteiger partial charge is 0.456 e. The summed E-state index contributed by atoms with van der Waals surface area (Å²) in [6, 6.07) is 14.5. The molecule has 136 valence electrons. The highest BCUT2D eigenvalue weighted by Crippen LogP contribution is 2.15. The number of rotatable bonds is 4. The first-order valence-corrected chi connectivity index (χ1v) is 8.98. The number of hydrogen-bond donors (Lipinski definition) is 0. The van der Waals surface area contributed by atoms with E-state index in [2.05, 4.69) is 9.97 Å². The lowest BCUT2D eigenvalue weighted by Crippen LogP contribution is -2.27. The van der Waals surface area contributed by atoms with Gasteiger partial charge in [0.1, 0.15) is 6.61 Å². The Morgan fingerprint density at radius 2 is 1.67 bits per heavy atom. The molecular weight excluding hydrogens is 342 g/mol. The summed E-state index contributed by atoms with van der Waals surface area (Å²) < 4.78 is 5.33. The Morgan fingerprint density at radius 1 is 0.963 bits per heavy atom. The molecule has 1 saturated heterocycles. The van der Waals surface area contributed by atoms with Crippen LogP contribution in [-0.2, 0) is 11.3 Å². The Hall–Kier alpha value is -3.28. The number of nitrogens with zero attached hydrogens (tertiary/aromatic N) is 3. The minimum atomic E-state index is -0.523. The summed E-state index contributed by atoms with van der Waals surface area (Å²) in [5.41, 5.74) is 3.03. The lowest BCUT2D eigenvalue weighted by Gasteiger charge is -2.15. The van der Waals surface area contributed by atoms with E-state index in [1.54, 1.807) is 18.2 Å². The van der Waals surface area contributed by atoms with Crippen LogP contribution in [0.5, 0.6) is 0 Å². The summed E-state index contributed by atoms with van der Waals surface area (Å²) in [7, 11) is 0. The van der Waals surface area contributed by atoms with E-state index in [9.17, 15) is 9.59 Å². The van der Waals surface area contributed by atoms with Gasteiger partial charge in [-0.25, -0.2) is 9.78 Å². The molecule has 1 aliphatic rings. The first-order chi connectivity index (χ1) is 13.2. The molecule has 0 spiro atoms. The number of ether oxygens (including phenoxy) is 1. The Balaban J connectivity index is 1.38. The average Bonchev–Trinajstić information content (AvgIpc) is 3.26. The van der Waals surface area contributed by atoms with Crippen LogP contribution in [-0.4, -0.2) is 39.8 Å². The third kappa shape index (κ3) is 3.79. The van der Waals surface area contributed by atoms with Crippen LogP contribution in [0.25, 0.3) is 11.0 Å². The third-order valence-electron chi connectivity index (χ3n) is 4.62. The number of fused-ring (bicyclic) bond motifs is 1. The first kappa shape index (κ1) is 17.1. The summed E-state index contributed by atoms with van der Waals surface area (Å²) in [4.78, 5) is 34.9. The maximum Gasteiger partial charge on any atom is 0.358 e. The Morgan fingerprint density at radius 3 is 2.41 bits per heavy atom. The van der Waals surface area contributed by atoms with Crippen molar-refractivity contribution in [2.24, 2.45) is 0 Å². The highest BCUT2D eigenvalue weighted by molar-refractivity contribution is 5.94. The second-order valence-electron chi connectivity index (χ2n) is 6.52. The van der Waals surface area contributed by atoms with Gasteiger partial charge in [0.25, 0.3) is 5.91 Å². The first-order valence-electron chi connectivity index (χ1n) is 8.98. The maximum atomic E-state index is 12.3. The van der Waals surface area contributed by atoms with Gasteiger partial charge in [-0.3, -0.25) is 9.78 Å². The van der Waals surface area contributed by atoms with Crippen LogP contribution in [0.2, 0.25) is 0 Å². The number of para-hydroxylation sites is 2. The highest BCUT2D eigenvalue weighted by atomic mass is 16.5. The van der Waals surface area contributed by atoms with Crippen LogP contribution in [0.1, 0.15) is 39.3 Å². The summed E-state index contributed by atoms with van der Waals surface area (Å²) in [6.45, 7) is 1.77. The predicted molar refractivity (Wildman–Crippen MR) is 100 cm³/mol. The van der Waals surface area contributed by atoms with Gasteiger partial charge in [-0.1, -0.05) is 24.3 Å². The molecule has 0 radical (unpaired) electrons. The molecule has 0 unspecified atom stereocenters. The molecule has 0 atom stereocenters. The zero-order valence-electron chi connectivity index (χ0n) is 14.8. The van der Waals surface area contributed by atoms with Gasteiger partial charge in [0.2, 0.25) is 0 Å². The topological polar surface area (TPSA) is 72.4 Å². The fraction of sp³-hybridized carbons (Fsp3) is 0.238. The molecule has 1 amide bonds. The number of likely N-dealkylation sites (tertiary alicyclic amines) is 1. The van der Waals surface area contributed by atoms with Crippen molar-refractivity contribution in [3.05, 3.63) is 71.5 Å². The normalized spacial score (nSPS) is 13.7. The molecule has 0 saturated carbocycles. The molecule has 3 aromatic rings. The smallest absolute Gasteiger partial charge is 0.358 e. The van der Waals surface area contributed by atoms with E-state index in [0.717, 1.165) is 37.0 Å². The van der Waals surface area contributed by atoms with Crippen molar-refractivity contribution < 1.29 is 14.3 Å². The van der Waals surface area contributed by atoms with Gasteiger partial charge in [-0.2, -0.15) is 0 Å². The molecule has 27 heavy (non-hydrogen) atoms. The number of esters is 1. The minimum absolute atomic E-state index is 0.0579. The minimum Gasteiger partial charge on any atom is -0.456 e. The molecule has 4 rings (SSSR count). The van der Waals surface area contributed by atoms with Crippen molar-refractivity contribution in [1.82, 2.24) is 14.9 Å². The molecule has 1 aliphatic heterocycles. The Bertz CT molecular complexity index is 979. The van der Waals surface area contributed by atoms with Gasteiger partial charge >= 0.3 is 5.97 Å². The maximum absolute atomic E-state index is 12.3. The Labute approximate surface area is 156 Å². The van der Waals surface area contributed by atoms with Gasteiger partial charge in [0, 0.05) is 18.7 Å². The van der Waals surface area contributed by atoms with E-state index in [0.29, 0.717) is 11.1 Å². The summed E-state index contributed by atoms with van der Waals surface area (Å²) in [6.07, 6.45) is 3.55. The number of carbonyl (C=O) groups excluding carboxylic acids is 2. The van der Waals surface area contributed by atoms with E-state index in [1.165, 1.54) is 6.20 Å². The van der Waals surface area contributed by atoms with Gasteiger partial charge in [-0.05, 0) is 42.7 Å². The second-order valence-corrected chi connectivity index (χ2v) is 6.52. The fourth-order valence-electron chi connectivity index (χ4n) is 3.12. The van der Waals surface area contributed by atoms with E-state index in [4.69, 9.17) is 4.74 Å². The quantitative estimate of drug-likeness (QED) is 0.667. The molecule has 0 bridgehead atoms. The van der Waals surface area contributed by atoms with Crippen molar-refractivity contribution in [3.63, 3.8) is 0 Å². The standard InChI is InChI=1S/C21H19N3O3/c25-20(24-11-3-4-12-24)16-9-7-15(8-10-16)14-27-21(26)19-13-22-17-5-1-2-6-18(17)23-19/h1-2,5-10,13H,3-4,11-12,14H2. The van der Waals surface area contributed by atoms with Crippen LogP contribution in [0, 0.1) is 0 Å². The van der Waals surface area contributed by atoms with E-state index >= 15 is 0 Å². The van der Waals surface area contributed by atoms with Crippen LogP contribution >= 0.6 is 0 Å². The van der Waals surface area contributed by atoms with Crippen LogP contribution in [0.3, 0.4) is 0 Å². The van der Waals surface area contributed by atoms with Crippen molar-refractivity contribution >= 4 is 22.9 Å². The highest BCUT2D eigenvalue weighted by Gasteiger charge is 2.19. The van der Waals surface area contributed by atoms with Crippen LogP contribution < -0.4 is 0 Å². The number of aromatic nitrogens is 2. The predicted octanol–water partition coefficient (Wildman–Crippen LogP) is 3.22. The number of amides is 1. The zero-order valence-corrected chi connectivity index (χ0v) is 14.8. The molecule has 2 heterocycles. The van der Waals surface area contributed by atoms with Gasteiger partial charge in [0.05, 0.1) is 17.2 Å². The molecule has 0 aliphatic carbocycles. The SMILES string of the molecule is O=C(OCc1ccc(C(=O)N2CCCC2)cc1)c1cnc2ccccc2n1. The van der Waals surface area contributed by atoms with Crippen LogP contribution in [0.4, 0.5) is 0 Å². The third-order valence-corrected chi connectivity index (χ3v) is 4.62. The van der Waals surface area contributed by atoms with Crippen molar-refractivity contribution in [3.8, 4) is 0 Å². The summed E-state index contributed by atoms with van der Waals surface area (Å²) in [5, 5.41) is 0. The lowest BCUT2D eigenvalue weighted by molar-refractivity contribution is 0.0465. The van der Waals surface area contributed by atoms with Gasteiger partial charge in [0.15, 0.2) is 5.69 Å². The fourth-order valence-corrected chi connectivity index (χ4v) is 3.12. The average molecular weight is 361 g/mol. The molecule has 1 fully saturated rings. The number of carbonyl (C=O) groups is 2. The number of benzene rings is 2. The van der Waals surface area contributed by atoms with E-state index in [1.807, 2.05) is 35.2 Å². The van der Waals surface area contributed by atoms with Crippen molar-refractivity contribution in [2.45, 2.75) is 19.4 Å². The molecule has 6 nitrogen and oxygen atoms in total. The Kier molecular flexibility index (Phi) is 4.78. The number of hydrogen-bond acceptors (Lipinski definition) is 5. The molecule has 1 aromatic heterocycles. The lowest BCUT2D eigenvalue weighted by atomic mass is 10.1. The summed E-state index contributed by atoms with van der Waals surface area (Å²) in [5.74, 6) is -0.465. The zero-order chi connectivity index (χ0) is 18.6. The van der Waals surface area contributed by atoms with Crippen LogP contribution in [0.15, 0.2) is 54.7 Å². The molecule has 0 N–H and O–H groups in total. The second kappa shape index (κ2) is 7.53. The monoisotopic (exact) mass is 361 g/mol.